The van der Waals surface area contributed by atoms with Crippen molar-refractivity contribution in [1.29, 1.82) is 0 Å². The maximum atomic E-state index is 9.24. The molecule has 0 heterocycles. The average Bonchev–Trinajstić information content (AvgIpc) is 2.04. The Morgan fingerprint density at radius 2 is 1.50 bits per heavy atom. The van der Waals surface area contributed by atoms with Crippen LogP contribution in [-0.2, 0) is 0 Å². The summed E-state index contributed by atoms with van der Waals surface area (Å²) in [5.74, 6) is 0. The van der Waals surface area contributed by atoms with Gasteiger partial charge in [-0.25, -0.2) is 0 Å². The molecule has 0 saturated carbocycles. The van der Waals surface area contributed by atoms with Crippen LogP contribution in [0.2, 0.25) is 0 Å². The van der Waals surface area contributed by atoms with Crippen molar-refractivity contribution < 1.29 is 5.11 Å². The van der Waals surface area contributed by atoms with Crippen LogP contribution in [0.1, 0.15) is 53.9 Å². The maximum Gasteiger partial charge on any atom is 0.0484 e. The topological polar surface area (TPSA) is 20.2 Å². The Labute approximate surface area is 77.2 Å². The SMILES string of the molecule is CCC(C)(C)CC(C)(CC)CO. The van der Waals surface area contributed by atoms with Gasteiger partial charge < -0.3 is 5.11 Å². The minimum absolute atomic E-state index is 0.125. The molecule has 0 amide bonds. The predicted octanol–water partition coefficient (Wildman–Crippen LogP) is 3.22. The molecule has 0 bridgehead atoms. The van der Waals surface area contributed by atoms with Crippen molar-refractivity contribution in [2.45, 2.75) is 53.9 Å². The first-order valence-electron chi connectivity index (χ1n) is 5.00. The van der Waals surface area contributed by atoms with Crippen LogP contribution in [-0.4, -0.2) is 11.7 Å². The van der Waals surface area contributed by atoms with E-state index in [0.717, 1.165) is 12.8 Å². The molecule has 1 nitrogen and oxygen atoms in total. The van der Waals surface area contributed by atoms with Gasteiger partial charge in [-0.05, 0) is 23.7 Å². The van der Waals surface area contributed by atoms with Gasteiger partial charge in [-0.1, -0.05) is 41.0 Å². The molecule has 1 N–H and O–H groups in total. The molecule has 0 radical (unpaired) electrons. The lowest BCUT2D eigenvalue weighted by Crippen LogP contribution is -2.28. The second-order valence-electron chi connectivity index (χ2n) is 5.02. The fourth-order valence-corrected chi connectivity index (χ4v) is 1.57. The lowest BCUT2D eigenvalue weighted by Gasteiger charge is -2.35. The molecule has 1 atom stereocenters. The molecule has 12 heavy (non-hydrogen) atoms. The molecular formula is C11H24O. The summed E-state index contributed by atoms with van der Waals surface area (Å²) in [5.41, 5.74) is 0.493. The van der Waals surface area contributed by atoms with Crippen molar-refractivity contribution in [3.8, 4) is 0 Å². The number of aliphatic hydroxyl groups is 1. The number of rotatable bonds is 5. The summed E-state index contributed by atoms with van der Waals surface area (Å²) < 4.78 is 0. The molecule has 0 spiro atoms. The summed E-state index contributed by atoms with van der Waals surface area (Å²) in [5, 5.41) is 9.24. The molecular weight excluding hydrogens is 148 g/mol. The first-order chi connectivity index (χ1) is 5.39. The van der Waals surface area contributed by atoms with E-state index in [0.29, 0.717) is 12.0 Å². The van der Waals surface area contributed by atoms with Crippen molar-refractivity contribution >= 4 is 0 Å². The minimum atomic E-state index is 0.125. The molecule has 1 heteroatoms. The van der Waals surface area contributed by atoms with Crippen LogP contribution in [0.3, 0.4) is 0 Å². The molecule has 0 aromatic heterocycles. The molecule has 0 aliphatic carbocycles. The van der Waals surface area contributed by atoms with Gasteiger partial charge in [0, 0.05) is 6.61 Å². The molecule has 0 saturated heterocycles. The molecule has 0 aliphatic heterocycles. The summed E-state index contributed by atoms with van der Waals surface area (Å²) in [4.78, 5) is 0. The Morgan fingerprint density at radius 1 is 1.00 bits per heavy atom. The monoisotopic (exact) mass is 172 g/mol. The summed E-state index contributed by atoms with van der Waals surface area (Å²) in [7, 11) is 0. The first-order valence-corrected chi connectivity index (χ1v) is 5.00. The number of hydrogen-bond acceptors (Lipinski definition) is 1. The van der Waals surface area contributed by atoms with E-state index < -0.39 is 0 Å². The molecule has 0 aliphatic rings. The molecule has 0 aromatic carbocycles. The van der Waals surface area contributed by atoms with Crippen LogP contribution in [0.25, 0.3) is 0 Å². The van der Waals surface area contributed by atoms with Crippen LogP contribution in [0.4, 0.5) is 0 Å². The van der Waals surface area contributed by atoms with Gasteiger partial charge in [0.05, 0.1) is 0 Å². The third-order valence-corrected chi connectivity index (χ3v) is 3.10. The van der Waals surface area contributed by atoms with Crippen LogP contribution >= 0.6 is 0 Å². The third kappa shape index (κ3) is 3.57. The van der Waals surface area contributed by atoms with E-state index in [4.69, 9.17) is 0 Å². The second-order valence-corrected chi connectivity index (χ2v) is 5.02. The lowest BCUT2D eigenvalue weighted by molar-refractivity contribution is 0.0814. The van der Waals surface area contributed by atoms with Crippen molar-refractivity contribution in [3.63, 3.8) is 0 Å². The normalized spacial score (nSPS) is 17.5. The van der Waals surface area contributed by atoms with E-state index in [9.17, 15) is 5.11 Å². The third-order valence-electron chi connectivity index (χ3n) is 3.10. The Hall–Kier alpha value is -0.0400. The summed E-state index contributed by atoms with van der Waals surface area (Å²) in [6.07, 6.45) is 3.36. The average molecular weight is 172 g/mol. The van der Waals surface area contributed by atoms with E-state index in [1.807, 2.05) is 0 Å². The van der Waals surface area contributed by atoms with Crippen LogP contribution in [0.5, 0.6) is 0 Å². The Morgan fingerprint density at radius 3 is 1.75 bits per heavy atom. The Kier molecular flexibility index (Phi) is 4.25. The maximum absolute atomic E-state index is 9.24. The molecule has 1 unspecified atom stereocenters. The van der Waals surface area contributed by atoms with Crippen LogP contribution in [0.15, 0.2) is 0 Å². The van der Waals surface area contributed by atoms with E-state index >= 15 is 0 Å². The van der Waals surface area contributed by atoms with Crippen molar-refractivity contribution in [2.24, 2.45) is 10.8 Å². The highest BCUT2D eigenvalue weighted by Gasteiger charge is 2.29. The quantitative estimate of drug-likeness (QED) is 0.675. The van der Waals surface area contributed by atoms with Crippen molar-refractivity contribution in [2.75, 3.05) is 6.61 Å². The van der Waals surface area contributed by atoms with Crippen molar-refractivity contribution in [3.05, 3.63) is 0 Å². The van der Waals surface area contributed by atoms with Gasteiger partial charge in [0.15, 0.2) is 0 Å². The van der Waals surface area contributed by atoms with E-state index in [1.54, 1.807) is 0 Å². The molecule has 74 valence electrons. The molecule has 0 rings (SSSR count). The first kappa shape index (κ1) is 12.0. The summed E-state index contributed by atoms with van der Waals surface area (Å²) in [6, 6.07) is 0. The predicted molar refractivity (Wildman–Crippen MR) is 54.2 cm³/mol. The Bertz CT molecular complexity index is 123. The lowest BCUT2D eigenvalue weighted by atomic mass is 9.72. The van der Waals surface area contributed by atoms with Crippen molar-refractivity contribution in [1.82, 2.24) is 0 Å². The van der Waals surface area contributed by atoms with Gasteiger partial charge in [-0.3, -0.25) is 0 Å². The van der Waals surface area contributed by atoms with Gasteiger partial charge in [-0.15, -0.1) is 0 Å². The smallest absolute Gasteiger partial charge is 0.0484 e. The number of hydrogen-bond donors (Lipinski definition) is 1. The number of aliphatic hydroxyl groups excluding tert-OH is 1. The standard InChI is InChI=1S/C11H24O/c1-6-10(3,4)8-11(5,7-2)9-12/h12H,6-9H2,1-5H3. The van der Waals surface area contributed by atoms with E-state index in [2.05, 4.69) is 34.6 Å². The highest BCUT2D eigenvalue weighted by atomic mass is 16.3. The minimum Gasteiger partial charge on any atom is -0.396 e. The van der Waals surface area contributed by atoms with Gasteiger partial charge in [0.2, 0.25) is 0 Å². The van der Waals surface area contributed by atoms with E-state index in [-0.39, 0.29) is 5.41 Å². The molecule has 0 aromatic rings. The summed E-state index contributed by atoms with van der Waals surface area (Å²) in [6.45, 7) is 11.4. The largest absolute Gasteiger partial charge is 0.396 e. The van der Waals surface area contributed by atoms with Gasteiger partial charge in [0.1, 0.15) is 0 Å². The highest BCUT2D eigenvalue weighted by Crippen LogP contribution is 2.37. The van der Waals surface area contributed by atoms with Crippen LogP contribution in [0, 0.1) is 10.8 Å². The van der Waals surface area contributed by atoms with Gasteiger partial charge >= 0.3 is 0 Å². The zero-order valence-electron chi connectivity index (χ0n) is 9.28. The second kappa shape index (κ2) is 4.27. The van der Waals surface area contributed by atoms with Gasteiger partial charge in [0.25, 0.3) is 0 Å². The fourth-order valence-electron chi connectivity index (χ4n) is 1.57. The van der Waals surface area contributed by atoms with Gasteiger partial charge in [-0.2, -0.15) is 0 Å². The fraction of sp³-hybridized carbons (Fsp3) is 1.00. The molecule has 0 fully saturated rings. The van der Waals surface area contributed by atoms with Crippen LogP contribution < -0.4 is 0 Å². The Balaban J connectivity index is 4.20. The highest BCUT2D eigenvalue weighted by molar-refractivity contribution is 4.80. The summed E-state index contributed by atoms with van der Waals surface area (Å²) >= 11 is 0. The zero-order chi connectivity index (χ0) is 9.83. The zero-order valence-corrected chi connectivity index (χ0v) is 9.28. The van der Waals surface area contributed by atoms with E-state index in [1.165, 1.54) is 6.42 Å².